The van der Waals surface area contributed by atoms with Gasteiger partial charge in [-0.15, -0.1) is 0 Å². The lowest BCUT2D eigenvalue weighted by atomic mass is 9.94. The van der Waals surface area contributed by atoms with Crippen LogP contribution in [0.3, 0.4) is 0 Å². The highest BCUT2D eigenvalue weighted by Gasteiger charge is 2.31. The number of amides is 1. The normalized spacial score (nSPS) is 12.1. The molecular weight excluding hydrogens is 423 g/mol. The van der Waals surface area contributed by atoms with Gasteiger partial charge in [0.25, 0.3) is 0 Å². The molecule has 32 heavy (non-hydrogen) atoms. The van der Waals surface area contributed by atoms with Crippen molar-refractivity contribution in [2.24, 2.45) is 0 Å². The number of carboxylic acids is 1. The Hall–Kier alpha value is -3.94. The van der Waals surface area contributed by atoms with Crippen molar-refractivity contribution in [2.45, 2.75) is 18.5 Å². The van der Waals surface area contributed by atoms with Crippen molar-refractivity contribution >= 4 is 23.3 Å². The molecule has 0 saturated carbocycles. The number of carbonyl (C=O) groups excluding carboxylic acids is 2. The molecule has 0 radical (unpaired) electrons. The molecule has 0 saturated heterocycles. The third-order valence-corrected chi connectivity index (χ3v) is 4.79. The van der Waals surface area contributed by atoms with Gasteiger partial charge in [-0.05, 0) is 42.0 Å². The first-order valence-electron chi connectivity index (χ1n) is 9.55. The Morgan fingerprint density at radius 2 is 1.38 bits per heavy atom. The number of aliphatic carboxylic acids is 1. The molecule has 2 N–H and O–H groups in total. The van der Waals surface area contributed by atoms with Gasteiger partial charge < -0.3 is 10.4 Å². The van der Waals surface area contributed by atoms with Crippen LogP contribution in [0.15, 0.2) is 78.9 Å². The number of alkyl halides is 3. The second kappa shape index (κ2) is 9.47. The van der Waals surface area contributed by atoms with Gasteiger partial charge in [0.15, 0.2) is 5.78 Å². The SMILES string of the molecule is O=C(CC(C(=O)O)c1ccc(C(F)(F)F)cc1)Nc1ccc(C(=O)c2ccccc2)cc1. The van der Waals surface area contributed by atoms with E-state index in [2.05, 4.69) is 5.32 Å². The number of carbonyl (C=O) groups is 3. The van der Waals surface area contributed by atoms with Gasteiger partial charge in [-0.3, -0.25) is 14.4 Å². The number of carboxylic acid groups (broad SMARTS) is 1. The van der Waals surface area contributed by atoms with E-state index in [-0.39, 0.29) is 11.3 Å². The number of anilines is 1. The van der Waals surface area contributed by atoms with Crippen molar-refractivity contribution < 1.29 is 32.7 Å². The molecule has 0 aliphatic carbocycles. The van der Waals surface area contributed by atoms with Crippen LogP contribution in [-0.4, -0.2) is 22.8 Å². The molecule has 1 unspecified atom stereocenters. The van der Waals surface area contributed by atoms with Gasteiger partial charge in [-0.1, -0.05) is 42.5 Å². The van der Waals surface area contributed by atoms with Crippen molar-refractivity contribution in [3.8, 4) is 0 Å². The van der Waals surface area contributed by atoms with Gasteiger partial charge in [-0.2, -0.15) is 13.2 Å². The maximum Gasteiger partial charge on any atom is 0.416 e. The molecule has 1 atom stereocenters. The molecule has 0 aliphatic rings. The summed E-state index contributed by atoms with van der Waals surface area (Å²) >= 11 is 0. The Morgan fingerprint density at radius 1 is 0.812 bits per heavy atom. The fraction of sp³-hybridized carbons (Fsp3) is 0.125. The van der Waals surface area contributed by atoms with Crippen LogP contribution in [0.5, 0.6) is 0 Å². The molecule has 0 bridgehead atoms. The van der Waals surface area contributed by atoms with Crippen molar-refractivity contribution in [1.29, 1.82) is 0 Å². The predicted octanol–water partition coefficient (Wildman–Crippen LogP) is 5.13. The summed E-state index contributed by atoms with van der Waals surface area (Å²) in [5, 5.41) is 12.0. The predicted molar refractivity (Wildman–Crippen MR) is 111 cm³/mol. The quantitative estimate of drug-likeness (QED) is 0.498. The molecular formula is C24H18F3NO4. The minimum absolute atomic E-state index is 0.0875. The van der Waals surface area contributed by atoms with E-state index in [9.17, 15) is 32.7 Å². The lowest BCUT2D eigenvalue weighted by Crippen LogP contribution is -2.21. The largest absolute Gasteiger partial charge is 0.481 e. The monoisotopic (exact) mass is 441 g/mol. The zero-order valence-electron chi connectivity index (χ0n) is 16.6. The smallest absolute Gasteiger partial charge is 0.416 e. The van der Waals surface area contributed by atoms with Gasteiger partial charge in [0, 0.05) is 23.2 Å². The van der Waals surface area contributed by atoms with Crippen LogP contribution >= 0.6 is 0 Å². The van der Waals surface area contributed by atoms with E-state index < -0.39 is 36.0 Å². The summed E-state index contributed by atoms with van der Waals surface area (Å²) < 4.78 is 38.1. The van der Waals surface area contributed by atoms with Crippen LogP contribution in [0.2, 0.25) is 0 Å². The van der Waals surface area contributed by atoms with E-state index in [1.165, 1.54) is 24.3 Å². The summed E-state index contributed by atoms with van der Waals surface area (Å²) in [6, 6.07) is 18.4. The summed E-state index contributed by atoms with van der Waals surface area (Å²) in [4.78, 5) is 36.4. The molecule has 0 heterocycles. The minimum atomic E-state index is -4.54. The maximum absolute atomic E-state index is 12.7. The summed E-state index contributed by atoms with van der Waals surface area (Å²) in [7, 11) is 0. The Kier molecular flexibility index (Phi) is 6.73. The van der Waals surface area contributed by atoms with Crippen LogP contribution in [0, 0.1) is 0 Å². The van der Waals surface area contributed by atoms with E-state index >= 15 is 0 Å². The zero-order valence-corrected chi connectivity index (χ0v) is 16.6. The van der Waals surface area contributed by atoms with Gasteiger partial charge in [0.2, 0.25) is 5.91 Å². The van der Waals surface area contributed by atoms with E-state index in [0.29, 0.717) is 16.8 Å². The first-order chi connectivity index (χ1) is 15.1. The first kappa shape index (κ1) is 22.7. The fourth-order valence-electron chi connectivity index (χ4n) is 3.11. The standard InChI is InChI=1S/C24H18F3NO4/c25-24(26,27)18-10-6-15(7-11-18)20(23(31)32)14-21(29)28-19-12-8-17(9-13-19)22(30)16-4-2-1-3-5-16/h1-13,20H,14H2,(H,28,29)(H,31,32). The molecule has 0 aliphatic heterocycles. The molecule has 3 aromatic rings. The number of hydrogen-bond donors (Lipinski definition) is 2. The molecule has 3 rings (SSSR count). The molecule has 0 aromatic heterocycles. The first-order valence-corrected chi connectivity index (χ1v) is 9.55. The van der Waals surface area contributed by atoms with Crippen molar-refractivity contribution in [1.82, 2.24) is 0 Å². The Balaban J connectivity index is 1.66. The molecule has 5 nitrogen and oxygen atoms in total. The highest BCUT2D eigenvalue weighted by molar-refractivity contribution is 6.09. The minimum Gasteiger partial charge on any atom is -0.481 e. The van der Waals surface area contributed by atoms with E-state index in [4.69, 9.17) is 0 Å². The molecule has 8 heteroatoms. The summed E-state index contributed by atoms with van der Waals surface area (Å²) in [6.07, 6.45) is -5.01. The van der Waals surface area contributed by atoms with E-state index in [1.807, 2.05) is 0 Å². The topological polar surface area (TPSA) is 83.5 Å². The van der Waals surface area contributed by atoms with Gasteiger partial charge >= 0.3 is 12.1 Å². The number of ketones is 1. The lowest BCUT2D eigenvalue weighted by Gasteiger charge is -2.14. The summed E-state index contributed by atoms with van der Waals surface area (Å²) in [5.74, 6) is -3.45. The second-order valence-corrected chi connectivity index (χ2v) is 7.04. The summed E-state index contributed by atoms with van der Waals surface area (Å²) in [6.45, 7) is 0. The fourth-order valence-corrected chi connectivity index (χ4v) is 3.11. The third kappa shape index (κ3) is 5.60. The maximum atomic E-state index is 12.7. The Bertz CT molecular complexity index is 1110. The van der Waals surface area contributed by atoms with Gasteiger partial charge in [0.05, 0.1) is 11.5 Å². The molecule has 1 amide bonds. The number of benzene rings is 3. The Morgan fingerprint density at radius 3 is 1.91 bits per heavy atom. The average molecular weight is 441 g/mol. The number of halogens is 3. The van der Waals surface area contributed by atoms with E-state index in [0.717, 1.165) is 24.3 Å². The highest BCUT2D eigenvalue weighted by atomic mass is 19.4. The molecule has 0 spiro atoms. The van der Waals surface area contributed by atoms with Gasteiger partial charge in [0.1, 0.15) is 0 Å². The van der Waals surface area contributed by atoms with Crippen LogP contribution in [-0.2, 0) is 15.8 Å². The van der Waals surface area contributed by atoms with Crippen molar-refractivity contribution in [2.75, 3.05) is 5.32 Å². The van der Waals surface area contributed by atoms with Crippen molar-refractivity contribution in [3.63, 3.8) is 0 Å². The summed E-state index contributed by atoms with van der Waals surface area (Å²) in [5.41, 5.74) is 0.480. The highest BCUT2D eigenvalue weighted by Crippen LogP contribution is 2.31. The average Bonchev–Trinajstić information content (AvgIpc) is 2.77. The van der Waals surface area contributed by atoms with E-state index in [1.54, 1.807) is 30.3 Å². The number of rotatable bonds is 7. The third-order valence-electron chi connectivity index (χ3n) is 4.79. The van der Waals surface area contributed by atoms with Crippen LogP contribution in [0.25, 0.3) is 0 Å². The van der Waals surface area contributed by atoms with Crippen LogP contribution in [0.4, 0.5) is 18.9 Å². The second-order valence-electron chi connectivity index (χ2n) is 7.04. The number of nitrogens with one attached hydrogen (secondary N) is 1. The van der Waals surface area contributed by atoms with Crippen LogP contribution in [0.1, 0.15) is 39.4 Å². The van der Waals surface area contributed by atoms with Crippen LogP contribution < -0.4 is 5.32 Å². The molecule has 164 valence electrons. The molecule has 0 fully saturated rings. The zero-order chi connectivity index (χ0) is 23.3. The Labute approximate surface area is 181 Å². The van der Waals surface area contributed by atoms with Crippen molar-refractivity contribution in [3.05, 3.63) is 101 Å². The molecule has 3 aromatic carbocycles. The lowest BCUT2D eigenvalue weighted by molar-refractivity contribution is -0.140. The van der Waals surface area contributed by atoms with Gasteiger partial charge in [-0.25, -0.2) is 0 Å². The number of hydrogen-bond acceptors (Lipinski definition) is 3.